The second-order valence-corrected chi connectivity index (χ2v) is 6.51. The van der Waals surface area contributed by atoms with Crippen LogP contribution < -0.4 is 10.6 Å². The summed E-state index contributed by atoms with van der Waals surface area (Å²) in [5.74, 6) is 0. The van der Waals surface area contributed by atoms with Crippen molar-refractivity contribution in [1.82, 2.24) is 4.98 Å². The molecule has 7 heteroatoms. The van der Waals surface area contributed by atoms with Crippen molar-refractivity contribution in [2.75, 3.05) is 10.6 Å². The Bertz CT molecular complexity index is 1130. The smallest absolute Gasteiger partial charge is 0.355 e. The lowest BCUT2D eigenvalue weighted by molar-refractivity contribution is -0.137. The summed E-state index contributed by atoms with van der Waals surface area (Å²) in [6.07, 6.45) is -4.47. The summed E-state index contributed by atoms with van der Waals surface area (Å²) in [6.45, 7) is 0. The Morgan fingerprint density at radius 3 is 2.24 bits per heavy atom. The van der Waals surface area contributed by atoms with E-state index in [1.54, 1.807) is 12.1 Å². The number of aromatic nitrogens is 1. The number of rotatable bonds is 3. The van der Waals surface area contributed by atoms with Crippen molar-refractivity contribution in [1.29, 1.82) is 0 Å². The molecule has 1 aromatic heterocycles. The van der Waals surface area contributed by atoms with Crippen LogP contribution in [-0.4, -0.2) is 11.0 Å². The summed E-state index contributed by atoms with van der Waals surface area (Å²) in [6, 6.07) is 21.0. The van der Waals surface area contributed by atoms with E-state index in [4.69, 9.17) is 0 Å². The first kappa shape index (κ1) is 18.6. The van der Waals surface area contributed by atoms with E-state index in [2.05, 4.69) is 15.6 Å². The lowest BCUT2D eigenvalue weighted by Crippen LogP contribution is -2.19. The van der Waals surface area contributed by atoms with Gasteiger partial charge in [0.25, 0.3) is 0 Å². The minimum atomic E-state index is -4.47. The number of carbonyl (C=O) groups is 1. The minimum Gasteiger partial charge on any atom is -0.355 e. The standard InChI is InChI=1S/C22H16F3N3O/c23-22(24,25)16-5-3-6-18(13-16)27-21(29)26-17-10-8-14(9-11-17)20-12-15-4-1-2-7-19(15)28-20/h1-13,28H,(H2,26,27,29). The number of carbonyl (C=O) groups excluding carboxylic acids is 1. The average molecular weight is 395 g/mol. The monoisotopic (exact) mass is 395 g/mol. The van der Waals surface area contributed by atoms with Crippen LogP contribution >= 0.6 is 0 Å². The van der Waals surface area contributed by atoms with Crippen molar-refractivity contribution in [3.05, 3.63) is 84.4 Å². The molecule has 0 atom stereocenters. The number of hydrogen-bond acceptors (Lipinski definition) is 1. The molecule has 0 spiro atoms. The third-order valence-corrected chi connectivity index (χ3v) is 4.43. The van der Waals surface area contributed by atoms with Gasteiger partial charge >= 0.3 is 12.2 Å². The molecule has 0 aliphatic heterocycles. The molecule has 2 amide bonds. The van der Waals surface area contributed by atoms with Crippen LogP contribution in [0.4, 0.5) is 29.3 Å². The molecule has 1 heterocycles. The third-order valence-electron chi connectivity index (χ3n) is 4.43. The van der Waals surface area contributed by atoms with Crippen molar-refractivity contribution < 1.29 is 18.0 Å². The summed E-state index contributed by atoms with van der Waals surface area (Å²) in [5.41, 5.74) is 2.70. The predicted octanol–water partition coefficient (Wildman–Crippen LogP) is 6.50. The highest BCUT2D eigenvalue weighted by Crippen LogP contribution is 2.30. The Morgan fingerprint density at radius 2 is 1.52 bits per heavy atom. The molecule has 146 valence electrons. The van der Waals surface area contributed by atoms with Crippen LogP contribution in [0.5, 0.6) is 0 Å². The summed E-state index contributed by atoms with van der Waals surface area (Å²) >= 11 is 0. The van der Waals surface area contributed by atoms with E-state index >= 15 is 0 Å². The largest absolute Gasteiger partial charge is 0.416 e. The van der Waals surface area contributed by atoms with E-state index in [0.717, 1.165) is 34.3 Å². The van der Waals surface area contributed by atoms with Gasteiger partial charge in [0.05, 0.1) is 5.56 Å². The highest BCUT2D eigenvalue weighted by atomic mass is 19.4. The Morgan fingerprint density at radius 1 is 0.793 bits per heavy atom. The van der Waals surface area contributed by atoms with Gasteiger partial charge in [-0.1, -0.05) is 36.4 Å². The highest BCUT2D eigenvalue weighted by molar-refractivity contribution is 6.00. The zero-order valence-electron chi connectivity index (χ0n) is 15.0. The van der Waals surface area contributed by atoms with Gasteiger partial charge < -0.3 is 15.6 Å². The number of halogens is 3. The average Bonchev–Trinajstić information content (AvgIpc) is 3.12. The fraction of sp³-hybridized carbons (Fsp3) is 0.0455. The second kappa shape index (κ2) is 7.35. The van der Waals surface area contributed by atoms with E-state index in [1.165, 1.54) is 12.1 Å². The number of hydrogen-bond donors (Lipinski definition) is 3. The number of H-pyrrole nitrogens is 1. The predicted molar refractivity (Wildman–Crippen MR) is 108 cm³/mol. The molecule has 4 rings (SSSR count). The number of aromatic amines is 1. The van der Waals surface area contributed by atoms with Crippen LogP contribution in [0, 0.1) is 0 Å². The first-order valence-corrected chi connectivity index (χ1v) is 8.82. The van der Waals surface area contributed by atoms with Crippen LogP contribution in [0.2, 0.25) is 0 Å². The Kier molecular flexibility index (Phi) is 4.72. The van der Waals surface area contributed by atoms with Crippen molar-refractivity contribution in [3.63, 3.8) is 0 Å². The van der Waals surface area contributed by atoms with Gasteiger partial charge in [-0.2, -0.15) is 13.2 Å². The number of alkyl halides is 3. The topological polar surface area (TPSA) is 56.9 Å². The first-order valence-electron chi connectivity index (χ1n) is 8.82. The second-order valence-electron chi connectivity index (χ2n) is 6.51. The maximum absolute atomic E-state index is 12.8. The van der Waals surface area contributed by atoms with Crippen molar-refractivity contribution in [2.24, 2.45) is 0 Å². The Hall–Kier alpha value is -3.74. The van der Waals surface area contributed by atoms with E-state index in [-0.39, 0.29) is 5.69 Å². The number of nitrogens with one attached hydrogen (secondary N) is 3. The van der Waals surface area contributed by atoms with E-state index in [9.17, 15) is 18.0 Å². The van der Waals surface area contributed by atoms with Crippen LogP contribution in [0.15, 0.2) is 78.9 Å². The zero-order chi connectivity index (χ0) is 20.4. The summed E-state index contributed by atoms with van der Waals surface area (Å²) < 4.78 is 38.3. The molecule has 29 heavy (non-hydrogen) atoms. The van der Waals surface area contributed by atoms with Gasteiger partial charge in [-0.25, -0.2) is 4.79 Å². The molecule has 4 aromatic rings. The molecule has 0 saturated carbocycles. The lowest BCUT2D eigenvalue weighted by Gasteiger charge is -2.11. The molecule has 0 saturated heterocycles. The number of benzene rings is 3. The van der Waals surface area contributed by atoms with Crippen LogP contribution in [-0.2, 0) is 6.18 Å². The van der Waals surface area contributed by atoms with Crippen LogP contribution in [0.25, 0.3) is 22.2 Å². The fourth-order valence-electron chi connectivity index (χ4n) is 3.03. The number of urea groups is 1. The summed E-state index contributed by atoms with van der Waals surface area (Å²) in [4.78, 5) is 15.4. The lowest BCUT2D eigenvalue weighted by atomic mass is 10.1. The van der Waals surface area contributed by atoms with Crippen molar-refractivity contribution >= 4 is 28.3 Å². The van der Waals surface area contributed by atoms with E-state index in [1.807, 2.05) is 42.5 Å². The molecule has 0 fully saturated rings. The van der Waals surface area contributed by atoms with Gasteiger partial charge in [0.1, 0.15) is 0 Å². The molecule has 0 radical (unpaired) electrons. The van der Waals surface area contributed by atoms with Gasteiger partial charge in [0.2, 0.25) is 0 Å². The van der Waals surface area contributed by atoms with Crippen LogP contribution in [0.3, 0.4) is 0 Å². The molecule has 0 unspecified atom stereocenters. The summed E-state index contributed by atoms with van der Waals surface area (Å²) in [5, 5.41) is 6.13. The highest BCUT2D eigenvalue weighted by Gasteiger charge is 2.30. The normalized spacial score (nSPS) is 11.4. The minimum absolute atomic E-state index is 0.0621. The Labute approximate surface area is 164 Å². The molecule has 0 aliphatic carbocycles. The van der Waals surface area contributed by atoms with Crippen molar-refractivity contribution in [2.45, 2.75) is 6.18 Å². The quantitative estimate of drug-likeness (QED) is 0.364. The maximum Gasteiger partial charge on any atom is 0.416 e. The van der Waals surface area contributed by atoms with Gasteiger partial charge in [-0.05, 0) is 48.0 Å². The number of fused-ring (bicyclic) bond motifs is 1. The Balaban J connectivity index is 1.44. The van der Waals surface area contributed by atoms with E-state index < -0.39 is 17.8 Å². The van der Waals surface area contributed by atoms with Gasteiger partial charge in [-0.15, -0.1) is 0 Å². The summed E-state index contributed by atoms with van der Waals surface area (Å²) in [7, 11) is 0. The third kappa shape index (κ3) is 4.24. The SMILES string of the molecule is O=C(Nc1ccc(-c2cc3ccccc3[nH]2)cc1)Nc1cccc(C(F)(F)F)c1. The first-order chi connectivity index (χ1) is 13.9. The molecule has 3 aromatic carbocycles. The zero-order valence-corrected chi connectivity index (χ0v) is 15.0. The number of anilines is 2. The molecule has 3 N–H and O–H groups in total. The number of para-hydroxylation sites is 1. The molecular weight excluding hydrogens is 379 g/mol. The van der Waals surface area contributed by atoms with E-state index in [0.29, 0.717) is 5.69 Å². The molecular formula is C22H16F3N3O. The molecule has 0 bridgehead atoms. The molecule has 4 nitrogen and oxygen atoms in total. The molecule has 0 aliphatic rings. The maximum atomic E-state index is 12.8. The van der Waals surface area contributed by atoms with Gasteiger partial charge in [0, 0.05) is 28.0 Å². The fourth-order valence-corrected chi connectivity index (χ4v) is 3.03. The van der Waals surface area contributed by atoms with Crippen LogP contribution in [0.1, 0.15) is 5.56 Å². The van der Waals surface area contributed by atoms with Gasteiger partial charge in [-0.3, -0.25) is 0 Å². The van der Waals surface area contributed by atoms with Gasteiger partial charge in [0.15, 0.2) is 0 Å². The van der Waals surface area contributed by atoms with Crippen molar-refractivity contribution in [3.8, 4) is 11.3 Å². The number of amides is 2.